The van der Waals surface area contributed by atoms with Gasteiger partial charge in [0.25, 0.3) is 0 Å². The van der Waals surface area contributed by atoms with Crippen molar-refractivity contribution in [2.75, 3.05) is 7.11 Å². The number of methoxy groups -OCH3 is 1. The van der Waals surface area contributed by atoms with E-state index in [0.29, 0.717) is 12.0 Å². The molecule has 3 nitrogen and oxygen atoms in total. The van der Waals surface area contributed by atoms with Crippen LogP contribution in [0.5, 0.6) is 0 Å². The lowest BCUT2D eigenvalue weighted by Gasteiger charge is -2.21. The van der Waals surface area contributed by atoms with Gasteiger partial charge in [0.15, 0.2) is 5.78 Å². The van der Waals surface area contributed by atoms with Crippen LogP contribution in [0.4, 0.5) is 0 Å². The number of rotatable bonds is 1. The van der Waals surface area contributed by atoms with E-state index >= 15 is 0 Å². The zero-order valence-electron chi connectivity index (χ0n) is 8.83. The number of carbonyl (C=O) groups excluding carboxylic acids is 2. The SMILES string of the molecule is COC(=O)C1CCc2ccc(Br)cc2C1=O. The number of carbonyl (C=O) groups is 2. The molecule has 0 aliphatic heterocycles. The van der Waals surface area contributed by atoms with Gasteiger partial charge >= 0.3 is 5.97 Å². The molecule has 2 rings (SSSR count). The van der Waals surface area contributed by atoms with Gasteiger partial charge in [-0.05, 0) is 30.5 Å². The summed E-state index contributed by atoms with van der Waals surface area (Å²) in [5.74, 6) is -1.20. The summed E-state index contributed by atoms with van der Waals surface area (Å²) in [5.41, 5.74) is 1.64. The molecule has 1 aromatic carbocycles. The van der Waals surface area contributed by atoms with Gasteiger partial charge in [-0.3, -0.25) is 9.59 Å². The molecule has 0 spiro atoms. The average Bonchev–Trinajstić information content (AvgIpc) is 2.29. The first-order valence-electron chi connectivity index (χ1n) is 5.04. The lowest BCUT2D eigenvalue weighted by atomic mass is 9.83. The number of hydrogen-bond acceptors (Lipinski definition) is 3. The van der Waals surface area contributed by atoms with Crippen molar-refractivity contribution >= 4 is 27.7 Å². The number of fused-ring (bicyclic) bond motifs is 1. The normalized spacial score (nSPS) is 19.1. The van der Waals surface area contributed by atoms with Gasteiger partial charge in [0.05, 0.1) is 7.11 Å². The Hall–Kier alpha value is -1.16. The molecule has 1 aromatic rings. The molecular formula is C12H11BrO3. The van der Waals surface area contributed by atoms with Crippen LogP contribution in [0.2, 0.25) is 0 Å². The molecular weight excluding hydrogens is 272 g/mol. The van der Waals surface area contributed by atoms with Crippen LogP contribution in [0.1, 0.15) is 22.3 Å². The van der Waals surface area contributed by atoms with Crippen LogP contribution < -0.4 is 0 Å². The summed E-state index contributed by atoms with van der Waals surface area (Å²) in [6.45, 7) is 0. The quantitative estimate of drug-likeness (QED) is 0.587. The third-order valence-corrected chi connectivity index (χ3v) is 3.34. The van der Waals surface area contributed by atoms with E-state index in [4.69, 9.17) is 0 Å². The number of esters is 1. The van der Waals surface area contributed by atoms with E-state index in [1.54, 1.807) is 6.07 Å². The number of Topliss-reactive ketones (excluding diaryl/α,β-unsaturated/α-hetero) is 1. The highest BCUT2D eigenvalue weighted by atomic mass is 79.9. The molecule has 1 aliphatic rings. The number of benzene rings is 1. The molecule has 0 fully saturated rings. The van der Waals surface area contributed by atoms with E-state index in [-0.39, 0.29) is 5.78 Å². The van der Waals surface area contributed by atoms with Crippen LogP contribution in [0, 0.1) is 5.92 Å². The molecule has 1 aliphatic carbocycles. The molecule has 4 heteroatoms. The summed E-state index contributed by atoms with van der Waals surface area (Å²) in [4.78, 5) is 23.5. The minimum absolute atomic E-state index is 0.130. The Labute approximate surface area is 102 Å². The zero-order valence-corrected chi connectivity index (χ0v) is 10.4. The molecule has 0 saturated heterocycles. The van der Waals surface area contributed by atoms with Crippen LogP contribution in [0.3, 0.4) is 0 Å². The lowest BCUT2D eigenvalue weighted by molar-refractivity contribution is -0.143. The van der Waals surface area contributed by atoms with Crippen molar-refractivity contribution in [3.05, 3.63) is 33.8 Å². The summed E-state index contributed by atoms with van der Waals surface area (Å²) in [6, 6.07) is 5.60. The summed E-state index contributed by atoms with van der Waals surface area (Å²) >= 11 is 3.32. The van der Waals surface area contributed by atoms with Gasteiger partial charge in [-0.25, -0.2) is 0 Å². The molecule has 0 bridgehead atoms. The lowest BCUT2D eigenvalue weighted by Crippen LogP contribution is -2.30. The Balaban J connectivity index is 2.38. The maximum Gasteiger partial charge on any atom is 0.316 e. The third-order valence-electron chi connectivity index (χ3n) is 2.84. The Kier molecular flexibility index (Phi) is 3.10. The van der Waals surface area contributed by atoms with Crippen LogP contribution in [0.15, 0.2) is 22.7 Å². The third kappa shape index (κ3) is 1.89. The summed E-state index contributed by atoms with van der Waals surface area (Å²) < 4.78 is 5.49. The largest absolute Gasteiger partial charge is 0.468 e. The molecule has 0 saturated carbocycles. The summed E-state index contributed by atoms with van der Waals surface area (Å²) in [7, 11) is 1.31. The number of aryl methyl sites for hydroxylation is 1. The molecule has 1 unspecified atom stereocenters. The minimum atomic E-state index is -0.633. The van der Waals surface area contributed by atoms with Gasteiger partial charge in [-0.15, -0.1) is 0 Å². The van der Waals surface area contributed by atoms with E-state index in [9.17, 15) is 9.59 Å². The molecule has 0 amide bonds. The van der Waals surface area contributed by atoms with Crippen LogP contribution in [-0.4, -0.2) is 18.9 Å². The van der Waals surface area contributed by atoms with Crippen molar-refractivity contribution in [1.82, 2.24) is 0 Å². The van der Waals surface area contributed by atoms with Crippen LogP contribution >= 0.6 is 15.9 Å². The van der Waals surface area contributed by atoms with Gasteiger partial charge in [-0.1, -0.05) is 22.0 Å². The molecule has 0 radical (unpaired) electrons. The minimum Gasteiger partial charge on any atom is -0.468 e. The van der Waals surface area contributed by atoms with Crippen molar-refractivity contribution in [2.24, 2.45) is 5.92 Å². The van der Waals surface area contributed by atoms with Crippen LogP contribution in [0.25, 0.3) is 0 Å². The number of ketones is 1. The summed E-state index contributed by atoms with van der Waals surface area (Å²) in [6.07, 6.45) is 1.29. The van der Waals surface area contributed by atoms with E-state index in [1.165, 1.54) is 7.11 Å². The number of ether oxygens (including phenoxy) is 1. The van der Waals surface area contributed by atoms with Crippen LogP contribution in [-0.2, 0) is 16.0 Å². The van der Waals surface area contributed by atoms with E-state index in [2.05, 4.69) is 20.7 Å². The van der Waals surface area contributed by atoms with Gasteiger partial charge in [0, 0.05) is 10.0 Å². The van der Waals surface area contributed by atoms with E-state index in [1.807, 2.05) is 12.1 Å². The monoisotopic (exact) mass is 282 g/mol. The van der Waals surface area contributed by atoms with Crippen molar-refractivity contribution in [1.29, 1.82) is 0 Å². The van der Waals surface area contributed by atoms with Gasteiger partial charge < -0.3 is 4.74 Å². The fourth-order valence-electron chi connectivity index (χ4n) is 1.98. The topological polar surface area (TPSA) is 43.4 Å². The molecule has 16 heavy (non-hydrogen) atoms. The second-order valence-corrected chi connectivity index (χ2v) is 4.70. The van der Waals surface area contributed by atoms with Gasteiger partial charge in [-0.2, -0.15) is 0 Å². The van der Waals surface area contributed by atoms with E-state index in [0.717, 1.165) is 16.5 Å². The molecule has 0 heterocycles. The smallest absolute Gasteiger partial charge is 0.316 e. The highest BCUT2D eigenvalue weighted by molar-refractivity contribution is 9.10. The zero-order chi connectivity index (χ0) is 11.7. The van der Waals surface area contributed by atoms with Crippen molar-refractivity contribution in [3.63, 3.8) is 0 Å². The Morgan fingerprint density at radius 1 is 1.50 bits per heavy atom. The fraction of sp³-hybridized carbons (Fsp3) is 0.333. The standard InChI is InChI=1S/C12H11BrO3/c1-16-12(15)9-5-3-7-2-4-8(13)6-10(7)11(9)14/h2,4,6,9H,3,5H2,1H3. The number of hydrogen-bond donors (Lipinski definition) is 0. The van der Waals surface area contributed by atoms with Crippen molar-refractivity contribution < 1.29 is 14.3 Å². The Bertz CT molecular complexity index is 454. The maximum absolute atomic E-state index is 12.0. The first-order chi connectivity index (χ1) is 7.63. The van der Waals surface area contributed by atoms with Crippen molar-refractivity contribution in [3.8, 4) is 0 Å². The molecule has 1 atom stereocenters. The second kappa shape index (κ2) is 4.37. The predicted octanol–water partition coefficient (Wildman–Crippen LogP) is 2.37. The fourth-order valence-corrected chi connectivity index (χ4v) is 2.34. The maximum atomic E-state index is 12.0. The number of halogens is 1. The Morgan fingerprint density at radius 2 is 2.25 bits per heavy atom. The predicted molar refractivity (Wildman–Crippen MR) is 62.3 cm³/mol. The molecule has 0 N–H and O–H groups in total. The first kappa shape index (κ1) is 11.3. The Morgan fingerprint density at radius 3 is 2.94 bits per heavy atom. The molecule has 0 aromatic heterocycles. The second-order valence-electron chi connectivity index (χ2n) is 3.78. The molecule has 84 valence electrons. The first-order valence-corrected chi connectivity index (χ1v) is 5.83. The van der Waals surface area contributed by atoms with Gasteiger partial charge in [0.2, 0.25) is 0 Å². The highest BCUT2D eigenvalue weighted by Crippen LogP contribution is 2.28. The average molecular weight is 283 g/mol. The summed E-state index contributed by atoms with van der Waals surface area (Å²) in [5, 5.41) is 0. The highest BCUT2D eigenvalue weighted by Gasteiger charge is 2.33. The van der Waals surface area contributed by atoms with Gasteiger partial charge in [0.1, 0.15) is 5.92 Å². The van der Waals surface area contributed by atoms with E-state index < -0.39 is 11.9 Å². The van der Waals surface area contributed by atoms with Crippen molar-refractivity contribution in [2.45, 2.75) is 12.8 Å².